The number of rotatable bonds is 9. The fourth-order valence-corrected chi connectivity index (χ4v) is 3.84. The summed E-state index contributed by atoms with van der Waals surface area (Å²) in [5.74, 6) is -0.190. The van der Waals surface area contributed by atoms with Crippen LogP contribution in [0, 0.1) is 0 Å². The molecular formula is C22H32O13. The first kappa shape index (κ1) is 27.5. The maximum atomic E-state index is 10.4. The third-order valence-electron chi connectivity index (χ3n) is 5.85. The number of hydrogen-bond acceptors (Lipinski definition) is 13. The lowest BCUT2D eigenvalue weighted by Crippen LogP contribution is -2.60. The van der Waals surface area contributed by atoms with Gasteiger partial charge in [-0.15, -0.1) is 6.58 Å². The van der Waals surface area contributed by atoms with Crippen LogP contribution in [0.25, 0.3) is 0 Å². The maximum Gasteiger partial charge on any atom is 0.229 e. The van der Waals surface area contributed by atoms with Crippen LogP contribution in [-0.4, -0.2) is 123 Å². The van der Waals surface area contributed by atoms with Crippen LogP contribution in [0.3, 0.4) is 0 Å². The standard InChI is InChI=1S/C22H32O13/c1-3-4-9-5-10(31-2)20(35-22-19(30)17(28)15(26)13(8-24)34-22)11(6-9)32-21-18(29)16(27)14(25)12(7-23)33-21/h3,5-6,12-19,21-30H,1,4,7-8H2,2H3/t12-,13-,14-,15-,16-,17+,18-,19-,21-,22+/m1/s1. The summed E-state index contributed by atoms with van der Waals surface area (Å²) in [4.78, 5) is 0. The van der Waals surface area contributed by atoms with Gasteiger partial charge in [0, 0.05) is 0 Å². The highest BCUT2D eigenvalue weighted by Crippen LogP contribution is 2.42. The van der Waals surface area contributed by atoms with Crippen LogP contribution in [0.5, 0.6) is 17.2 Å². The molecule has 2 fully saturated rings. The lowest BCUT2D eigenvalue weighted by molar-refractivity contribution is -0.282. The van der Waals surface area contributed by atoms with Gasteiger partial charge in [-0.2, -0.15) is 0 Å². The normalized spacial score (nSPS) is 37.5. The van der Waals surface area contributed by atoms with E-state index in [1.807, 2.05) is 0 Å². The molecule has 10 atom stereocenters. The van der Waals surface area contributed by atoms with Crippen LogP contribution < -0.4 is 14.2 Å². The smallest absolute Gasteiger partial charge is 0.229 e. The van der Waals surface area contributed by atoms with Gasteiger partial charge in [-0.3, -0.25) is 0 Å². The molecule has 0 bridgehead atoms. The first-order valence-corrected chi connectivity index (χ1v) is 10.9. The van der Waals surface area contributed by atoms with Gasteiger partial charge in [-0.1, -0.05) is 6.08 Å². The Bertz CT molecular complexity index is 847. The molecule has 2 aliphatic rings. The molecule has 0 saturated carbocycles. The second kappa shape index (κ2) is 11.8. The molecule has 0 aliphatic carbocycles. The zero-order chi connectivity index (χ0) is 25.9. The summed E-state index contributed by atoms with van der Waals surface area (Å²) in [5, 5.41) is 79.9. The van der Waals surface area contributed by atoms with E-state index in [4.69, 9.17) is 23.7 Å². The molecule has 0 unspecified atom stereocenters. The Hall–Kier alpha value is -2.04. The van der Waals surface area contributed by atoms with E-state index >= 15 is 0 Å². The highest BCUT2D eigenvalue weighted by atomic mass is 16.7. The summed E-state index contributed by atoms with van der Waals surface area (Å²) in [6, 6.07) is 3.05. The number of allylic oxidation sites excluding steroid dienone is 1. The van der Waals surface area contributed by atoms with Crippen LogP contribution in [0.15, 0.2) is 24.8 Å². The SMILES string of the molecule is C=CCc1cc(OC)c(O[C@@H]2O[C@H](CO)[C@@H](O)[C@H](O)[C@H]2O)c(O[C@@H]2O[C@H](CO)[C@@H](O)[C@@H](O)[C@H]2O)c1. The topological polar surface area (TPSA) is 208 Å². The van der Waals surface area contributed by atoms with Crippen LogP contribution in [0.4, 0.5) is 0 Å². The number of aliphatic hydroxyl groups is 8. The first-order chi connectivity index (χ1) is 16.7. The summed E-state index contributed by atoms with van der Waals surface area (Å²) in [6.45, 7) is 2.33. The van der Waals surface area contributed by atoms with Crippen molar-refractivity contribution in [1.29, 1.82) is 0 Å². The van der Waals surface area contributed by atoms with Crippen molar-refractivity contribution < 1.29 is 64.5 Å². The number of ether oxygens (including phenoxy) is 5. The Labute approximate surface area is 200 Å². The first-order valence-electron chi connectivity index (χ1n) is 10.9. The summed E-state index contributed by atoms with van der Waals surface area (Å²) in [7, 11) is 1.32. The van der Waals surface area contributed by atoms with E-state index in [9.17, 15) is 40.9 Å². The van der Waals surface area contributed by atoms with Crippen molar-refractivity contribution in [2.24, 2.45) is 0 Å². The summed E-state index contributed by atoms with van der Waals surface area (Å²) >= 11 is 0. The van der Waals surface area contributed by atoms with Gasteiger partial charge in [0.25, 0.3) is 0 Å². The molecular weight excluding hydrogens is 472 g/mol. The Morgan fingerprint density at radius 1 is 0.771 bits per heavy atom. The molecule has 13 nitrogen and oxygen atoms in total. The minimum absolute atomic E-state index is 0.0842. The molecule has 0 radical (unpaired) electrons. The third kappa shape index (κ3) is 5.70. The van der Waals surface area contributed by atoms with E-state index in [0.29, 0.717) is 12.0 Å². The second-order valence-corrected chi connectivity index (χ2v) is 8.25. The van der Waals surface area contributed by atoms with Crippen molar-refractivity contribution in [2.75, 3.05) is 20.3 Å². The summed E-state index contributed by atoms with van der Waals surface area (Å²) in [5.41, 5.74) is 0.623. The maximum absolute atomic E-state index is 10.4. The van der Waals surface area contributed by atoms with Gasteiger partial charge in [-0.05, 0) is 24.1 Å². The van der Waals surface area contributed by atoms with Crippen LogP contribution >= 0.6 is 0 Å². The molecule has 2 heterocycles. The van der Waals surface area contributed by atoms with Gasteiger partial charge in [0.2, 0.25) is 18.3 Å². The van der Waals surface area contributed by atoms with Gasteiger partial charge < -0.3 is 64.5 Å². The fourth-order valence-electron chi connectivity index (χ4n) is 3.84. The molecule has 13 heteroatoms. The van der Waals surface area contributed by atoms with Crippen molar-refractivity contribution in [3.8, 4) is 17.2 Å². The van der Waals surface area contributed by atoms with Crippen LogP contribution in [0.2, 0.25) is 0 Å². The average molecular weight is 504 g/mol. The highest BCUT2D eigenvalue weighted by molar-refractivity contribution is 5.54. The van der Waals surface area contributed by atoms with Crippen molar-refractivity contribution in [3.05, 3.63) is 30.4 Å². The van der Waals surface area contributed by atoms with Crippen LogP contribution in [0.1, 0.15) is 5.56 Å². The zero-order valence-corrected chi connectivity index (χ0v) is 19.0. The van der Waals surface area contributed by atoms with Gasteiger partial charge in [-0.25, -0.2) is 0 Å². The number of aliphatic hydroxyl groups excluding tert-OH is 8. The van der Waals surface area contributed by atoms with Gasteiger partial charge >= 0.3 is 0 Å². The van der Waals surface area contributed by atoms with Crippen molar-refractivity contribution in [1.82, 2.24) is 0 Å². The molecule has 198 valence electrons. The molecule has 0 aromatic heterocycles. The second-order valence-electron chi connectivity index (χ2n) is 8.25. The predicted octanol–water partition coefficient (Wildman–Crippen LogP) is -3.22. The number of benzene rings is 1. The molecule has 0 amide bonds. The minimum atomic E-state index is -1.73. The Kier molecular flexibility index (Phi) is 9.28. The lowest BCUT2D eigenvalue weighted by Gasteiger charge is -2.41. The molecule has 35 heavy (non-hydrogen) atoms. The summed E-state index contributed by atoms with van der Waals surface area (Å²) in [6.07, 6.45) is -13.7. The number of hydrogen-bond donors (Lipinski definition) is 8. The summed E-state index contributed by atoms with van der Waals surface area (Å²) < 4.78 is 27.7. The molecule has 1 aromatic rings. The van der Waals surface area contributed by atoms with Gasteiger partial charge in [0.15, 0.2) is 11.5 Å². The molecule has 0 spiro atoms. The van der Waals surface area contributed by atoms with E-state index < -0.39 is 74.6 Å². The molecule has 3 rings (SSSR count). The Balaban J connectivity index is 1.97. The van der Waals surface area contributed by atoms with Crippen LogP contribution in [-0.2, 0) is 15.9 Å². The largest absolute Gasteiger partial charge is 0.493 e. The quantitative estimate of drug-likeness (QED) is 0.156. The molecule has 1 aromatic carbocycles. The Morgan fingerprint density at radius 3 is 1.71 bits per heavy atom. The van der Waals surface area contributed by atoms with Crippen molar-refractivity contribution in [3.63, 3.8) is 0 Å². The van der Waals surface area contributed by atoms with Gasteiger partial charge in [0.1, 0.15) is 48.8 Å². The monoisotopic (exact) mass is 504 g/mol. The van der Waals surface area contributed by atoms with Gasteiger partial charge in [0.05, 0.1) is 20.3 Å². The fraction of sp³-hybridized carbons (Fsp3) is 0.636. The van der Waals surface area contributed by atoms with E-state index in [1.54, 1.807) is 12.1 Å². The molecule has 2 saturated heterocycles. The minimum Gasteiger partial charge on any atom is -0.493 e. The predicted molar refractivity (Wildman–Crippen MR) is 116 cm³/mol. The average Bonchev–Trinajstić information content (AvgIpc) is 2.85. The van der Waals surface area contributed by atoms with E-state index in [1.165, 1.54) is 13.2 Å². The lowest BCUT2D eigenvalue weighted by atomic mass is 9.99. The molecule has 2 aliphatic heterocycles. The third-order valence-corrected chi connectivity index (χ3v) is 5.85. The highest BCUT2D eigenvalue weighted by Gasteiger charge is 2.47. The van der Waals surface area contributed by atoms with E-state index in [0.717, 1.165) is 0 Å². The van der Waals surface area contributed by atoms with E-state index in [-0.39, 0.29) is 17.2 Å². The van der Waals surface area contributed by atoms with E-state index in [2.05, 4.69) is 6.58 Å². The number of methoxy groups -OCH3 is 1. The van der Waals surface area contributed by atoms with Crippen molar-refractivity contribution >= 4 is 0 Å². The zero-order valence-electron chi connectivity index (χ0n) is 19.0. The Morgan fingerprint density at radius 2 is 1.26 bits per heavy atom. The molecule has 8 N–H and O–H groups in total. The van der Waals surface area contributed by atoms with Crippen molar-refractivity contribution in [2.45, 2.75) is 67.8 Å².